The van der Waals surface area contributed by atoms with E-state index in [2.05, 4.69) is 5.32 Å². The Morgan fingerprint density at radius 3 is 2.84 bits per heavy atom. The third-order valence-corrected chi connectivity index (χ3v) is 4.08. The van der Waals surface area contributed by atoms with Gasteiger partial charge in [0.25, 0.3) is 5.91 Å². The number of halogens is 1. The molecular weight excluding hydrogens is 262 g/mol. The molecule has 2 rings (SSSR count). The number of aryl methyl sites for hydroxylation is 1. The van der Waals surface area contributed by atoms with Gasteiger partial charge in [-0.3, -0.25) is 4.79 Å². The number of hydrogen-bond donors (Lipinski definition) is 2. The van der Waals surface area contributed by atoms with Gasteiger partial charge in [0.05, 0.1) is 16.7 Å². The molecule has 19 heavy (non-hydrogen) atoms. The van der Waals surface area contributed by atoms with Gasteiger partial charge in [0.15, 0.2) is 0 Å². The van der Waals surface area contributed by atoms with Crippen molar-refractivity contribution in [2.75, 3.05) is 6.54 Å². The highest BCUT2D eigenvalue weighted by Gasteiger charge is 2.23. The van der Waals surface area contributed by atoms with Crippen molar-refractivity contribution in [3.8, 4) is 0 Å². The van der Waals surface area contributed by atoms with Crippen LogP contribution in [0.1, 0.15) is 41.6 Å². The minimum absolute atomic E-state index is 0.164. The highest BCUT2D eigenvalue weighted by Crippen LogP contribution is 2.24. The average Bonchev–Trinajstić information content (AvgIpc) is 2.37. The molecule has 1 aliphatic rings. The second kappa shape index (κ2) is 6.40. The van der Waals surface area contributed by atoms with Crippen molar-refractivity contribution >= 4 is 17.5 Å². The third kappa shape index (κ3) is 3.71. The van der Waals surface area contributed by atoms with Crippen LogP contribution in [0.4, 0.5) is 0 Å². The number of aliphatic hydroxyl groups is 1. The minimum Gasteiger partial charge on any atom is -0.393 e. The maximum absolute atomic E-state index is 12.0. The van der Waals surface area contributed by atoms with E-state index in [1.165, 1.54) is 0 Å². The summed E-state index contributed by atoms with van der Waals surface area (Å²) in [6.07, 6.45) is 3.73. The Kier molecular flexibility index (Phi) is 4.83. The molecule has 1 amide bonds. The quantitative estimate of drug-likeness (QED) is 0.895. The van der Waals surface area contributed by atoms with Gasteiger partial charge in [-0.05, 0) is 37.5 Å². The van der Waals surface area contributed by atoms with Crippen molar-refractivity contribution in [3.63, 3.8) is 0 Å². The van der Waals surface area contributed by atoms with E-state index in [0.29, 0.717) is 17.1 Å². The lowest BCUT2D eigenvalue weighted by Gasteiger charge is -2.27. The summed E-state index contributed by atoms with van der Waals surface area (Å²) in [5.41, 5.74) is 1.53. The first-order valence-corrected chi connectivity index (χ1v) is 7.18. The standard InChI is InChI=1S/C15H20ClNO2/c1-10-6-7-12(13(16)8-10)15(19)17-9-11-4-2-3-5-14(11)18/h6-8,11,14,18H,2-5,9H2,1H3,(H,17,19). The van der Waals surface area contributed by atoms with Crippen molar-refractivity contribution in [2.24, 2.45) is 5.92 Å². The zero-order chi connectivity index (χ0) is 13.8. The van der Waals surface area contributed by atoms with Crippen LogP contribution in [0.3, 0.4) is 0 Å². The molecule has 0 spiro atoms. The maximum atomic E-state index is 12.0. The van der Waals surface area contributed by atoms with Crippen molar-refractivity contribution in [1.82, 2.24) is 5.32 Å². The Hall–Kier alpha value is -1.06. The molecule has 1 aliphatic carbocycles. The van der Waals surface area contributed by atoms with Crippen LogP contribution in [0.15, 0.2) is 18.2 Å². The lowest BCUT2D eigenvalue weighted by atomic mass is 9.86. The number of nitrogens with one attached hydrogen (secondary N) is 1. The molecule has 0 bridgehead atoms. The smallest absolute Gasteiger partial charge is 0.252 e. The van der Waals surface area contributed by atoms with Crippen LogP contribution in [0, 0.1) is 12.8 Å². The molecule has 0 saturated heterocycles. The number of benzene rings is 1. The Bertz CT molecular complexity index is 461. The monoisotopic (exact) mass is 281 g/mol. The van der Waals surface area contributed by atoms with E-state index in [-0.39, 0.29) is 17.9 Å². The van der Waals surface area contributed by atoms with Gasteiger partial charge in [0.1, 0.15) is 0 Å². The molecular formula is C15H20ClNO2. The van der Waals surface area contributed by atoms with Crippen LogP contribution in [0.2, 0.25) is 5.02 Å². The molecule has 3 nitrogen and oxygen atoms in total. The van der Waals surface area contributed by atoms with E-state index >= 15 is 0 Å². The van der Waals surface area contributed by atoms with Crippen LogP contribution in [0.5, 0.6) is 0 Å². The summed E-state index contributed by atoms with van der Waals surface area (Å²) >= 11 is 6.06. The molecule has 2 N–H and O–H groups in total. The second-order valence-corrected chi connectivity index (χ2v) is 5.71. The van der Waals surface area contributed by atoms with Gasteiger partial charge in [-0.25, -0.2) is 0 Å². The summed E-state index contributed by atoms with van der Waals surface area (Å²) in [6, 6.07) is 5.40. The number of hydrogen-bond acceptors (Lipinski definition) is 2. The minimum atomic E-state index is -0.289. The van der Waals surface area contributed by atoms with E-state index in [1.807, 2.05) is 13.0 Å². The summed E-state index contributed by atoms with van der Waals surface area (Å²) in [5, 5.41) is 13.2. The first-order chi connectivity index (χ1) is 9.08. The van der Waals surface area contributed by atoms with Gasteiger partial charge in [-0.1, -0.05) is 30.5 Å². The van der Waals surface area contributed by atoms with Crippen LogP contribution in [0.25, 0.3) is 0 Å². The summed E-state index contributed by atoms with van der Waals surface area (Å²) in [6.45, 7) is 2.45. The predicted octanol–water partition coefficient (Wildman–Crippen LogP) is 2.93. The van der Waals surface area contributed by atoms with Gasteiger partial charge in [0.2, 0.25) is 0 Å². The Balaban J connectivity index is 1.93. The van der Waals surface area contributed by atoms with Gasteiger partial charge in [0, 0.05) is 12.5 Å². The van der Waals surface area contributed by atoms with E-state index in [9.17, 15) is 9.90 Å². The lowest BCUT2D eigenvalue weighted by Crippen LogP contribution is -2.36. The van der Waals surface area contributed by atoms with Crippen LogP contribution >= 0.6 is 11.6 Å². The fourth-order valence-corrected chi connectivity index (χ4v) is 2.87. The zero-order valence-electron chi connectivity index (χ0n) is 11.2. The van der Waals surface area contributed by atoms with Crippen molar-refractivity contribution in [1.29, 1.82) is 0 Å². The molecule has 1 aromatic carbocycles. The molecule has 1 aromatic rings. The lowest BCUT2D eigenvalue weighted by molar-refractivity contribution is 0.0663. The molecule has 0 aliphatic heterocycles. The zero-order valence-corrected chi connectivity index (χ0v) is 11.9. The fourth-order valence-electron chi connectivity index (χ4n) is 2.55. The summed E-state index contributed by atoms with van der Waals surface area (Å²) < 4.78 is 0. The second-order valence-electron chi connectivity index (χ2n) is 5.31. The van der Waals surface area contributed by atoms with E-state index in [4.69, 9.17) is 11.6 Å². The molecule has 1 fully saturated rings. The number of carbonyl (C=O) groups is 1. The van der Waals surface area contributed by atoms with Crippen LogP contribution in [-0.2, 0) is 0 Å². The van der Waals surface area contributed by atoms with Crippen molar-refractivity contribution in [2.45, 2.75) is 38.7 Å². The molecule has 104 valence electrons. The number of carbonyl (C=O) groups excluding carboxylic acids is 1. The molecule has 1 saturated carbocycles. The third-order valence-electron chi connectivity index (χ3n) is 3.76. The maximum Gasteiger partial charge on any atom is 0.252 e. The highest BCUT2D eigenvalue weighted by atomic mass is 35.5. The van der Waals surface area contributed by atoms with E-state index in [1.54, 1.807) is 12.1 Å². The first kappa shape index (κ1) is 14.4. The van der Waals surface area contributed by atoms with E-state index in [0.717, 1.165) is 31.2 Å². The summed E-state index contributed by atoms with van der Waals surface area (Å²) in [5.74, 6) is 0.00435. The van der Waals surface area contributed by atoms with Gasteiger partial charge >= 0.3 is 0 Å². The summed E-state index contributed by atoms with van der Waals surface area (Å²) in [7, 11) is 0. The fraction of sp³-hybridized carbons (Fsp3) is 0.533. The topological polar surface area (TPSA) is 49.3 Å². The first-order valence-electron chi connectivity index (χ1n) is 6.80. The summed E-state index contributed by atoms with van der Waals surface area (Å²) in [4.78, 5) is 12.0. The number of aliphatic hydroxyl groups excluding tert-OH is 1. The van der Waals surface area contributed by atoms with Crippen LogP contribution < -0.4 is 5.32 Å². The highest BCUT2D eigenvalue weighted by molar-refractivity contribution is 6.33. The van der Waals surface area contributed by atoms with E-state index < -0.39 is 0 Å². The SMILES string of the molecule is Cc1ccc(C(=O)NCC2CCCCC2O)c(Cl)c1. The normalized spacial score (nSPS) is 23.1. The molecule has 0 heterocycles. The predicted molar refractivity (Wildman–Crippen MR) is 76.5 cm³/mol. The Morgan fingerprint density at radius 2 is 2.16 bits per heavy atom. The molecule has 0 radical (unpaired) electrons. The molecule has 2 atom stereocenters. The molecule has 0 aromatic heterocycles. The molecule has 4 heteroatoms. The van der Waals surface area contributed by atoms with Gasteiger partial charge in [-0.2, -0.15) is 0 Å². The average molecular weight is 282 g/mol. The Labute approximate surface area is 119 Å². The number of rotatable bonds is 3. The molecule has 2 unspecified atom stereocenters. The van der Waals surface area contributed by atoms with Crippen LogP contribution in [-0.4, -0.2) is 23.7 Å². The Morgan fingerprint density at radius 1 is 1.42 bits per heavy atom. The number of amides is 1. The van der Waals surface area contributed by atoms with Gasteiger partial charge in [-0.15, -0.1) is 0 Å². The van der Waals surface area contributed by atoms with Gasteiger partial charge < -0.3 is 10.4 Å². The largest absolute Gasteiger partial charge is 0.393 e. The van der Waals surface area contributed by atoms with Crippen molar-refractivity contribution < 1.29 is 9.90 Å². The van der Waals surface area contributed by atoms with Crippen molar-refractivity contribution in [3.05, 3.63) is 34.3 Å².